The van der Waals surface area contributed by atoms with Crippen molar-refractivity contribution in [3.63, 3.8) is 0 Å². The highest BCUT2D eigenvalue weighted by molar-refractivity contribution is 7.94. The molecule has 31 heavy (non-hydrogen) atoms. The van der Waals surface area contributed by atoms with Crippen molar-refractivity contribution >= 4 is 28.6 Å². The second kappa shape index (κ2) is 11.0. The van der Waals surface area contributed by atoms with E-state index in [9.17, 15) is 5.11 Å². The quantitative estimate of drug-likeness (QED) is 0.500. The summed E-state index contributed by atoms with van der Waals surface area (Å²) in [6, 6.07) is 32.6. The van der Waals surface area contributed by atoms with Crippen molar-refractivity contribution in [3.05, 3.63) is 91.0 Å². The molecule has 3 aromatic rings. The summed E-state index contributed by atoms with van der Waals surface area (Å²) in [5, 5.41) is 15.6. The maximum atomic E-state index is 11.7. The molecule has 0 bridgehead atoms. The highest BCUT2D eigenvalue weighted by Crippen LogP contribution is 2.44. The summed E-state index contributed by atoms with van der Waals surface area (Å²) in [6.07, 6.45) is 9.66. The summed E-state index contributed by atoms with van der Waals surface area (Å²) in [6.45, 7) is -2.09. The molecule has 0 spiro atoms. The molecule has 0 aliphatic heterocycles. The summed E-state index contributed by atoms with van der Waals surface area (Å²) in [4.78, 5) is 0. The Morgan fingerprint density at radius 3 is 1.32 bits per heavy atom. The minimum Gasteiger partial charge on any atom is -0.389 e. The SMILES string of the molecule is OC(C=P(c1ccccc1)(c1ccccc1)c1ccccc1)C1CCCCCCCC1. The zero-order chi connectivity index (χ0) is 21.4. The maximum absolute atomic E-state index is 11.7. The van der Waals surface area contributed by atoms with Crippen molar-refractivity contribution in [2.24, 2.45) is 5.92 Å². The number of aliphatic hydroxyl groups is 1. The first kappa shape index (κ1) is 22.1. The van der Waals surface area contributed by atoms with Crippen LogP contribution in [0.4, 0.5) is 0 Å². The van der Waals surface area contributed by atoms with E-state index in [2.05, 4.69) is 96.8 Å². The van der Waals surface area contributed by atoms with Gasteiger partial charge >= 0.3 is 0 Å². The van der Waals surface area contributed by atoms with E-state index in [1.165, 1.54) is 54.4 Å². The lowest BCUT2D eigenvalue weighted by Crippen LogP contribution is -2.32. The minimum atomic E-state index is -2.09. The molecule has 0 heterocycles. The second-order valence-electron chi connectivity index (χ2n) is 8.83. The van der Waals surface area contributed by atoms with Crippen molar-refractivity contribution in [2.45, 2.75) is 57.5 Å². The molecule has 1 nitrogen and oxygen atoms in total. The van der Waals surface area contributed by atoms with Gasteiger partial charge in [-0.3, -0.25) is 0 Å². The summed E-state index contributed by atoms with van der Waals surface area (Å²) in [7, 11) is 0. The predicted molar refractivity (Wildman–Crippen MR) is 138 cm³/mol. The third-order valence-electron chi connectivity index (χ3n) is 6.75. The Bertz CT molecular complexity index is 852. The minimum absolute atomic E-state index is 0.355. The molecule has 3 aromatic carbocycles. The predicted octanol–water partition coefficient (Wildman–Crippen LogP) is 5.89. The third-order valence-corrected chi connectivity index (χ3v) is 10.8. The van der Waals surface area contributed by atoms with Crippen LogP contribution in [0.3, 0.4) is 0 Å². The molecule has 162 valence electrons. The summed E-state index contributed by atoms with van der Waals surface area (Å²) in [5.41, 5.74) is 0. The Kier molecular flexibility index (Phi) is 7.84. The normalized spacial score (nSPS) is 17.2. The molecular weight excluding hydrogens is 395 g/mol. The molecule has 1 atom stereocenters. The van der Waals surface area contributed by atoms with Crippen LogP contribution in [0.25, 0.3) is 0 Å². The van der Waals surface area contributed by atoms with Crippen LogP contribution in [0.5, 0.6) is 0 Å². The first-order valence-corrected chi connectivity index (χ1v) is 13.8. The van der Waals surface area contributed by atoms with E-state index in [1.807, 2.05) is 0 Å². The van der Waals surface area contributed by atoms with E-state index in [4.69, 9.17) is 0 Å². The van der Waals surface area contributed by atoms with E-state index in [0.29, 0.717) is 5.92 Å². The van der Waals surface area contributed by atoms with E-state index >= 15 is 0 Å². The number of hydrogen-bond donors (Lipinski definition) is 1. The van der Waals surface area contributed by atoms with Gasteiger partial charge in [-0.05, 0) is 47.4 Å². The first-order valence-electron chi connectivity index (χ1n) is 11.9. The zero-order valence-electron chi connectivity index (χ0n) is 18.4. The molecule has 1 saturated carbocycles. The molecule has 0 amide bonds. The molecule has 1 N–H and O–H groups in total. The Morgan fingerprint density at radius 1 is 0.581 bits per heavy atom. The smallest absolute Gasteiger partial charge is 0.0762 e. The van der Waals surface area contributed by atoms with Gasteiger partial charge < -0.3 is 5.11 Å². The molecule has 4 rings (SSSR count). The molecule has 1 aliphatic rings. The van der Waals surface area contributed by atoms with Gasteiger partial charge in [-0.15, -0.1) is 0 Å². The molecule has 1 aliphatic carbocycles. The Labute approximate surface area is 188 Å². The Hall–Kier alpha value is -2.08. The molecule has 0 radical (unpaired) electrons. The van der Waals surface area contributed by atoms with Crippen molar-refractivity contribution in [2.75, 3.05) is 0 Å². The molecular formula is C29H35OP. The fraction of sp³-hybridized carbons (Fsp3) is 0.345. The van der Waals surface area contributed by atoms with Gasteiger partial charge in [0, 0.05) is 0 Å². The zero-order valence-corrected chi connectivity index (χ0v) is 19.3. The van der Waals surface area contributed by atoms with Crippen LogP contribution in [-0.4, -0.2) is 17.0 Å². The highest BCUT2D eigenvalue weighted by Gasteiger charge is 2.28. The second-order valence-corrected chi connectivity index (χ2v) is 12.1. The van der Waals surface area contributed by atoms with Gasteiger partial charge in [0.25, 0.3) is 0 Å². The van der Waals surface area contributed by atoms with E-state index in [0.717, 1.165) is 12.8 Å². The van der Waals surface area contributed by atoms with Crippen LogP contribution < -0.4 is 15.9 Å². The lowest BCUT2D eigenvalue weighted by molar-refractivity contribution is 0.160. The van der Waals surface area contributed by atoms with Crippen molar-refractivity contribution in [3.8, 4) is 0 Å². The van der Waals surface area contributed by atoms with E-state index in [1.54, 1.807) is 0 Å². The molecule has 1 unspecified atom stereocenters. The van der Waals surface area contributed by atoms with Gasteiger partial charge in [0.2, 0.25) is 0 Å². The van der Waals surface area contributed by atoms with Gasteiger partial charge in [-0.2, -0.15) is 0 Å². The topological polar surface area (TPSA) is 20.2 Å². The van der Waals surface area contributed by atoms with Crippen LogP contribution >= 0.6 is 6.89 Å². The Morgan fingerprint density at radius 2 is 0.935 bits per heavy atom. The lowest BCUT2D eigenvalue weighted by atomic mass is 9.92. The molecule has 2 heteroatoms. The first-order chi connectivity index (χ1) is 15.3. The summed E-state index contributed by atoms with van der Waals surface area (Å²) < 4.78 is 0. The molecule has 0 saturated heterocycles. The van der Waals surface area contributed by atoms with Crippen molar-refractivity contribution in [1.29, 1.82) is 0 Å². The van der Waals surface area contributed by atoms with Crippen LogP contribution in [0, 0.1) is 5.92 Å². The van der Waals surface area contributed by atoms with E-state index < -0.39 is 13.0 Å². The number of rotatable bonds is 5. The average molecular weight is 431 g/mol. The van der Waals surface area contributed by atoms with Gasteiger partial charge in [-0.25, -0.2) is 0 Å². The van der Waals surface area contributed by atoms with Crippen LogP contribution in [0.1, 0.15) is 51.4 Å². The Balaban J connectivity index is 1.89. The van der Waals surface area contributed by atoms with Crippen LogP contribution in [-0.2, 0) is 0 Å². The van der Waals surface area contributed by atoms with Gasteiger partial charge in [0.15, 0.2) is 0 Å². The standard InChI is InChI=1S/C29H35OP/c30-29(25-16-8-3-1-2-4-9-17-25)24-31(26-18-10-5-11-19-26,27-20-12-6-13-21-27)28-22-14-7-15-23-28/h5-7,10-15,18-25,29-30H,1-4,8-9,16-17H2. The largest absolute Gasteiger partial charge is 0.389 e. The summed E-state index contributed by atoms with van der Waals surface area (Å²) in [5.74, 6) is 2.71. The number of benzene rings is 3. The van der Waals surface area contributed by atoms with Crippen molar-refractivity contribution < 1.29 is 5.11 Å². The van der Waals surface area contributed by atoms with Crippen LogP contribution in [0.2, 0.25) is 0 Å². The average Bonchev–Trinajstić information content (AvgIpc) is 2.98. The monoisotopic (exact) mass is 430 g/mol. The van der Waals surface area contributed by atoms with Gasteiger partial charge in [0.1, 0.15) is 0 Å². The fourth-order valence-corrected chi connectivity index (χ4v) is 9.09. The lowest BCUT2D eigenvalue weighted by Gasteiger charge is -2.31. The van der Waals surface area contributed by atoms with Gasteiger partial charge in [-0.1, -0.05) is 130 Å². The van der Waals surface area contributed by atoms with E-state index in [-0.39, 0.29) is 0 Å². The highest BCUT2D eigenvalue weighted by atomic mass is 31.2. The van der Waals surface area contributed by atoms with Crippen molar-refractivity contribution in [1.82, 2.24) is 0 Å². The molecule has 1 fully saturated rings. The molecule has 0 aromatic heterocycles. The summed E-state index contributed by atoms with van der Waals surface area (Å²) >= 11 is 0. The fourth-order valence-electron chi connectivity index (χ4n) is 5.05. The number of aliphatic hydroxyl groups excluding tert-OH is 1. The maximum Gasteiger partial charge on any atom is 0.0762 e. The third kappa shape index (κ3) is 5.22. The number of hydrogen-bond acceptors (Lipinski definition) is 1. The van der Waals surface area contributed by atoms with Gasteiger partial charge in [0.05, 0.1) is 6.10 Å². The van der Waals surface area contributed by atoms with Crippen LogP contribution in [0.15, 0.2) is 91.0 Å².